The number of nitrogens with one attached hydrogen (secondary N) is 1. The maximum Gasteiger partial charge on any atom is 0.133 e. The minimum atomic E-state index is 0.0707. The first kappa shape index (κ1) is 24.0. The zero-order valence-electron chi connectivity index (χ0n) is 18.7. The number of thiazole rings is 1. The molecule has 0 atom stereocenters. The van der Waals surface area contributed by atoms with E-state index >= 15 is 0 Å². The van der Waals surface area contributed by atoms with E-state index in [1.807, 2.05) is 17.6 Å². The summed E-state index contributed by atoms with van der Waals surface area (Å²) in [5, 5.41) is 8.89. The fraction of sp³-hybridized carbons (Fsp3) is 0.545. The normalized spacial score (nSPS) is 11.8. The summed E-state index contributed by atoms with van der Waals surface area (Å²) in [5.41, 5.74) is 4.74. The summed E-state index contributed by atoms with van der Waals surface area (Å²) in [5.74, 6) is 0.898. The lowest BCUT2D eigenvalue weighted by molar-refractivity contribution is 0.545. The Kier molecular flexibility index (Phi) is 8.48. The van der Waals surface area contributed by atoms with Gasteiger partial charge in [-0.2, -0.15) is 5.10 Å². The number of hydrogen-bond acceptors (Lipinski definition) is 5. The van der Waals surface area contributed by atoms with Crippen LogP contribution in [0.2, 0.25) is 0 Å². The molecule has 0 aliphatic heterocycles. The summed E-state index contributed by atoms with van der Waals surface area (Å²) < 4.78 is 0. The number of aromatic amines is 1. The van der Waals surface area contributed by atoms with Gasteiger partial charge in [-0.25, -0.2) is 15.0 Å². The Hall–Kier alpha value is -2.08. The first-order valence-electron chi connectivity index (χ1n) is 9.48. The van der Waals surface area contributed by atoms with Crippen LogP contribution in [-0.2, 0) is 16.2 Å². The van der Waals surface area contributed by atoms with Gasteiger partial charge < -0.3 is 0 Å². The van der Waals surface area contributed by atoms with Crippen molar-refractivity contribution in [2.75, 3.05) is 0 Å². The summed E-state index contributed by atoms with van der Waals surface area (Å²) in [7, 11) is 0. The molecule has 3 heterocycles. The number of hydrogen-bond donors (Lipinski definition) is 1. The van der Waals surface area contributed by atoms with Gasteiger partial charge in [-0.15, -0.1) is 11.3 Å². The van der Waals surface area contributed by atoms with E-state index in [4.69, 9.17) is 0 Å². The first-order chi connectivity index (χ1) is 12.8. The fourth-order valence-electron chi connectivity index (χ4n) is 1.94. The van der Waals surface area contributed by atoms with Crippen LogP contribution in [0.3, 0.4) is 0 Å². The molecule has 28 heavy (non-hydrogen) atoms. The van der Waals surface area contributed by atoms with Gasteiger partial charge in [-0.1, -0.05) is 62.3 Å². The molecule has 0 unspecified atom stereocenters. The van der Waals surface area contributed by atoms with Crippen molar-refractivity contribution in [2.24, 2.45) is 0 Å². The highest BCUT2D eigenvalue weighted by Gasteiger charge is 2.16. The van der Waals surface area contributed by atoms with E-state index in [9.17, 15) is 0 Å². The molecule has 6 heteroatoms. The Bertz CT molecular complexity index is 715. The van der Waals surface area contributed by atoms with Crippen LogP contribution < -0.4 is 0 Å². The lowest BCUT2D eigenvalue weighted by Crippen LogP contribution is -2.14. The van der Waals surface area contributed by atoms with Crippen LogP contribution in [0, 0.1) is 0 Å². The first-order valence-corrected chi connectivity index (χ1v) is 10.4. The predicted molar refractivity (Wildman–Crippen MR) is 119 cm³/mol. The molecular formula is C22H35N5S. The summed E-state index contributed by atoms with van der Waals surface area (Å²) in [4.78, 5) is 12.5. The van der Waals surface area contributed by atoms with E-state index in [2.05, 4.69) is 92.8 Å². The van der Waals surface area contributed by atoms with Crippen molar-refractivity contribution in [1.29, 1.82) is 0 Å². The lowest BCUT2D eigenvalue weighted by atomic mass is 9.93. The van der Waals surface area contributed by atoms with Crippen LogP contribution in [0.25, 0.3) is 0 Å². The Morgan fingerprint density at radius 3 is 1.61 bits per heavy atom. The van der Waals surface area contributed by atoms with Gasteiger partial charge in [0.1, 0.15) is 5.82 Å². The second-order valence-corrected chi connectivity index (χ2v) is 10.4. The van der Waals surface area contributed by atoms with Crippen LogP contribution in [-0.4, -0.2) is 25.1 Å². The molecule has 0 radical (unpaired) electrons. The van der Waals surface area contributed by atoms with Gasteiger partial charge in [0.2, 0.25) is 0 Å². The smallest absolute Gasteiger partial charge is 0.133 e. The molecule has 0 spiro atoms. The highest BCUT2D eigenvalue weighted by molar-refractivity contribution is 7.07. The molecule has 3 aromatic heterocycles. The molecule has 154 valence electrons. The van der Waals surface area contributed by atoms with Crippen molar-refractivity contribution in [2.45, 2.75) is 78.6 Å². The van der Waals surface area contributed by atoms with E-state index < -0.39 is 0 Å². The summed E-state index contributed by atoms with van der Waals surface area (Å²) in [6.45, 7) is 19.3. The minimum absolute atomic E-state index is 0.0707. The van der Waals surface area contributed by atoms with Crippen molar-refractivity contribution in [3.63, 3.8) is 0 Å². The van der Waals surface area contributed by atoms with Gasteiger partial charge in [0.05, 0.1) is 11.2 Å². The quantitative estimate of drug-likeness (QED) is 0.507. The predicted octanol–water partition coefficient (Wildman–Crippen LogP) is 5.92. The maximum atomic E-state index is 4.21. The average molecular weight is 402 g/mol. The molecule has 1 N–H and O–H groups in total. The topological polar surface area (TPSA) is 67.3 Å². The number of nitrogens with zero attached hydrogens (tertiary/aromatic N) is 4. The van der Waals surface area contributed by atoms with E-state index in [0.29, 0.717) is 0 Å². The van der Waals surface area contributed by atoms with Crippen LogP contribution in [0.4, 0.5) is 0 Å². The molecule has 0 aromatic carbocycles. The molecule has 0 saturated heterocycles. The van der Waals surface area contributed by atoms with Crippen molar-refractivity contribution < 1.29 is 0 Å². The van der Waals surface area contributed by atoms with Gasteiger partial charge >= 0.3 is 0 Å². The molecule has 0 aliphatic carbocycles. The van der Waals surface area contributed by atoms with Crippen molar-refractivity contribution in [1.82, 2.24) is 25.1 Å². The Labute approximate surface area is 174 Å². The standard InChI is InChI=1S/C8H12N2.C7H12N2.C7H11NS/c1-8(2,3)7-9-5-4-6-10-7;1-7(2,3)6-4-5-8-9-6;1-7(2,3)6-4-9-5-8-6/h4-6H,1-3H3;4-5H,1-3H3,(H,8,9);4-5H,1-3H3. The fourth-order valence-corrected chi connectivity index (χ4v) is 2.72. The highest BCUT2D eigenvalue weighted by Crippen LogP contribution is 2.21. The number of rotatable bonds is 0. The van der Waals surface area contributed by atoms with Crippen LogP contribution in [0.15, 0.2) is 41.6 Å². The van der Waals surface area contributed by atoms with E-state index in [1.165, 1.54) is 11.4 Å². The lowest BCUT2D eigenvalue weighted by Gasteiger charge is -2.14. The second kappa shape index (κ2) is 9.92. The molecule has 3 aromatic rings. The zero-order chi connectivity index (χ0) is 21.4. The summed E-state index contributed by atoms with van der Waals surface area (Å²) >= 11 is 1.66. The molecule has 5 nitrogen and oxygen atoms in total. The molecule has 0 aliphatic rings. The SMILES string of the molecule is CC(C)(C)c1ccn[nH]1.CC(C)(C)c1cscn1.CC(C)(C)c1ncccn1. The average Bonchev–Trinajstić information content (AvgIpc) is 3.29. The van der Waals surface area contributed by atoms with Crippen LogP contribution >= 0.6 is 11.3 Å². The van der Waals surface area contributed by atoms with Gasteiger partial charge in [-0.05, 0) is 12.1 Å². The molecule has 0 amide bonds. The van der Waals surface area contributed by atoms with Crippen LogP contribution in [0.5, 0.6) is 0 Å². The Morgan fingerprint density at radius 1 is 0.750 bits per heavy atom. The highest BCUT2D eigenvalue weighted by atomic mass is 32.1. The molecular weight excluding hydrogens is 366 g/mol. The third-order valence-electron chi connectivity index (χ3n) is 3.75. The Balaban J connectivity index is 0.000000210. The number of aromatic nitrogens is 5. The third-order valence-corrected chi connectivity index (χ3v) is 4.33. The van der Waals surface area contributed by atoms with E-state index in [0.717, 1.165) is 5.82 Å². The minimum Gasteiger partial charge on any atom is -0.282 e. The largest absolute Gasteiger partial charge is 0.282 e. The van der Waals surface area contributed by atoms with Crippen LogP contribution in [0.1, 0.15) is 79.5 Å². The Morgan fingerprint density at radius 2 is 1.36 bits per heavy atom. The van der Waals surface area contributed by atoms with Crippen molar-refractivity contribution >= 4 is 11.3 Å². The van der Waals surface area contributed by atoms with Crippen molar-refractivity contribution in [3.8, 4) is 0 Å². The molecule has 0 fully saturated rings. The van der Waals surface area contributed by atoms with E-state index in [-0.39, 0.29) is 16.2 Å². The zero-order valence-corrected chi connectivity index (χ0v) is 19.6. The van der Waals surface area contributed by atoms with Gasteiger partial charge in [-0.3, -0.25) is 5.10 Å². The third kappa shape index (κ3) is 8.74. The van der Waals surface area contributed by atoms with Gasteiger partial charge in [0, 0.05) is 45.9 Å². The molecule has 0 bridgehead atoms. The maximum absolute atomic E-state index is 4.21. The summed E-state index contributed by atoms with van der Waals surface area (Å²) in [6, 6.07) is 3.83. The van der Waals surface area contributed by atoms with Gasteiger partial charge in [0.25, 0.3) is 0 Å². The number of H-pyrrole nitrogens is 1. The molecule has 3 rings (SSSR count). The monoisotopic (exact) mass is 401 g/mol. The van der Waals surface area contributed by atoms with Gasteiger partial charge in [0.15, 0.2) is 0 Å². The second-order valence-electron chi connectivity index (χ2n) is 9.67. The van der Waals surface area contributed by atoms with E-state index in [1.54, 1.807) is 29.9 Å². The summed E-state index contributed by atoms with van der Waals surface area (Å²) in [6.07, 6.45) is 5.32. The molecule has 0 saturated carbocycles. The van der Waals surface area contributed by atoms with Crippen molar-refractivity contribution in [3.05, 3.63) is 58.8 Å².